The lowest BCUT2D eigenvalue weighted by atomic mass is 9.77. The number of carbonyl (C=O) groups is 2. The smallest absolute Gasteiger partial charge is 0.311 e. The number of rotatable bonds is 23. The van der Waals surface area contributed by atoms with Crippen LogP contribution in [0.1, 0.15) is 184 Å². The molecule has 3 aliphatic heterocycles. The molecule has 18 heteroatoms. The van der Waals surface area contributed by atoms with Crippen molar-refractivity contribution < 1.29 is 63.5 Å². The second-order valence-electron chi connectivity index (χ2n) is 27.2. The van der Waals surface area contributed by atoms with Crippen molar-refractivity contribution in [3.05, 3.63) is 73.1 Å². The van der Waals surface area contributed by atoms with Gasteiger partial charge in [0.15, 0.2) is 12.6 Å². The molecule has 18 atom stereocenters. The summed E-state index contributed by atoms with van der Waals surface area (Å²) >= 11 is 0. The Balaban J connectivity index is 1.02. The van der Waals surface area contributed by atoms with Gasteiger partial charge >= 0.3 is 5.97 Å². The molecule has 0 spiro atoms. The summed E-state index contributed by atoms with van der Waals surface area (Å²) in [5.41, 5.74) is -4.80. The molecule has 1 aliphatic carbocycles. The Labute approximate surface area is 515 Å². The van der Waals surface area contributed by atoms with E-state index in [4.69, 9.17) is 33.5 Å². The standard InChI is InChI=1S/C68H110N4O13P/c1-14-56-68(10,79)61(75)49(6)71(57(73)37-28-20-18-16-15-17-19-21-29-38-86(52-33-24-22-25-34-52,53-35-26-23-27-36-53)54-42-69-72(44-54)51-31-30-32-51)43-45(2)40-66(8,78)63(85-65-59(74)55(70(11)12)39-46(3)81-65)47(4)60(48(5)64(77)83-56)84-58-41-67(9,80-13)62(76)50(7)82-58/h22-27,33-36,42,44-51,55-56,58-63,65,74-76,78-79H,14-21,28-32,37-41,43H2,1-13H3/q+1/t45-,46-,47+,48-,49-,50+,55+,56-,58+,59-,60+,61-,62+,63-,65+,66-,67-,68-/m1/s1. The first-order valence-corrected chi connectivity index (χ1v) is 34.6. The molecule has 4 aliphatic rings. The highest BCUT2D eigenvalue weighted by atomic mass is 31.2. The largest absolute Gasteiger partial charge is 0.459 e. The van der Waals surface area contributed by atoms with Crippen LogP contribution in [0, 0.1) is 17.8 Å². The predicted octanol–water partition coefficient (Wildman–Crippen LogP) is 8.61. The number of amides is 1. The first-order valence-electron chi connectivity index (χ1n) is 32.7. The van der Waals surface area contributed by atoms with Crippen LogP contribution in [0.25, 0.3) is 0 Å². The maximum atomic E-state index is 14.7. The SMILES string of the molecule is CC[C@H]1OC(=O)[C@H](C)[C@@H](O[C@H]2C[C@@](C)(OC)[C@@H](O)[C@H](C)O2)[C@H](C)[C@@H](O[C@@H]2O[C@H](C)C[C@H](N(C)C)[C@H]2O)[C@](C)(O)C[C@@H](C)CN(C(=O)CCCCCCCCCCC[P+](c2ccccc2)(c2ccccc2)c2cnn(C3CCC3)c2)[C@H](C)[C@@H](O)[C@]1(C)O. The first kappa shape index (κ1) is 70.0. The number of aliphatic hydroxyl groups excluding tert-OH is 3. The van der Waals surface area contributed by atoms with Gasteiger partial charge in [-0.2, -0.15) is 5.10 Å². The maximum absolute atomic E-state index is 14.7. The maximum Gasteiger partial charge on any atom is 0.311 e. The number of carbonyl (C=O) groups excluding carboxylic acids is 2. The average Bonchev–Trinajstić information content (AvgIpc) is 1.53. The fourth-order valence-corrected chi connectivity index (χ4v) is 18.7. The van der Waals surface area contributed by atoms with Crippen LogP contribution in [0.5, 0.6) is 0 Å². The van der Waals surface area contributed by atoms with E-state index >= 15 is 0 Å². The fourth-order valence-electron chi connectivity index (χ4n) is 14.4. The van der Waals surface area contributed by atoms with E-state index in [0.717, 1.165) is 57.5 Å². The van der Waals surface area contributed by atoms with Crippen LogP contribution in [0.15, 0.2) is 73.1 Å². The van der Waals surface area contributed by atoms with Crippen LogP contribution in [0.2, 0.25) is 0 Å². The molecule has 1 saturated carbocycles. The van der Waals surface area contributed by atoms with E-state index in [2.05, 4.69) is 77.7 Å². The Kier molecular flexibility index (Phi) is 25.3. The number of ether oxygens (including phenoxy) is 6. The van der Waals surface area contributed by atoms with Crippen molar-refractivity contribution in [3.63, 3.8) is 0 Å². The number of hydrogen-bond acceptors (Lipinski definition) is 15. The third kappa shape index (κ3) is 16.6. The molecule has 3 aromatic rings. The van der Waals surface area contributed by atoms with Gasteiger partial charge in [0.25, 0.3) is 0 Å². The van der Waals surface area contributed by atoms with Crippen molar-refractivity contribution in [1.29, 1.82) is 0 Å². The van der Waals surface area contributed by atoms with Gasteiger partial charge in [0, 0.05) is 38.5 Å². The molecule has 4 heterocycles. The number of nitrogens with zero attached hydrogens (tertiary/aromatic N) is 4. The highest BCUT2D eigenvalue weighted by molar-refractivity contribution is 7.95. The van der Waals surface area contributed by atoms with E-state index < -0.39 is 109 Å². The van der Waals surface area contributed by atoms with Crippen molar-refractivity contribution in [2.45, 2.75) is 275 Å². The Morgan fingerprint density at radius 3 is 1.94 bits per heavy atom. The Bertz CT molecular complexity index is 2500. The number of likely N-dealkylation sites (N-methyl/N-ethyl adjacent to an activating group) is 1. The summed E-state index contributed by atoms with van der Waals surface area (Å²) in [4.78, 5) is 32.9. The van der Waals surface area contributed by atoms with Crippen LogP contribution in [0.4, 0.5) is 0 Å². The van der Waals surface area contributed by atoms with Crippen molar-refractivity contribution in [3.8, 4) is 0 Å². The fraction of sp³-hybridized carbons (Fsp3) is 0.750. The van der Waals surface area contributed by atoms with E-state index in [1.807, 2.05) is 39.8 Å². The number of aliphatic hydroxyl groups is 5. The first-order chi connectivity index (χ1) is 40.8. The number of aromatic nitrogens is 2. The topological polar surface area (TPSA) is 215 Å². The molecule has 86 heavy (non-hydrogen) atoms. The molecule has 484 valence electrons. The van der Waals surface area contributed by atoms with Crippen LogP contribution in [-0.2, 0) is 38.0 Å². The van der Waals surface area contributed by atoms with Gasteiger partial charge in [-0.25, -0.2) is 0 Å². The molecule has 3 saturated heterocycles. The van der Waals surface area contributed by atoms with E-state index in [9.17, 15) is 35.1 Å². The molecule has 4 fully saturated rings. The van der Waals surface area contributed by atoms with Crippen LogP contribution in [0.3, 0.4) is 0 Å². The molecule has 17 nitrogen and oxygen atoms in total. The highest BCUT2D eigenvalue weighted by Gasteiger charge is 2.54. The van der Waals surface area contributed by atoms with Crippen LogP contribution >= 0.6 is 7.26 Å². The third-order valence-corrected chi connectivity index (χ3v) is 24.4. The Morgan fingerprint density at radius 1 is 0.791 bits per heavy atom. The normalized spacial score (nSPS) is 35.6. The lowest BCUT2D eigenvalue weighted by Crippen LogP contribution is -2.60. The molecule has 2 aromatic carbocycles. The van der Waals surface area contributed by atoms with Gasteiger partial charge in [-0.3, -0.25) is 14.3 Å². The zero-order valence-corrected chi connectivity index (χ0v) is 55.2. The quantitative estimate of drug-likeness (QED) is 0.0341. The van der Waals surface area contributed by atoms with E-state index in [1.54, 1.807) is 46.4 Å². The molecule has 7 rings (SSSR count). The molecule has 1 aromatic heterocycles. The number of unbranched alkanes of at least 4 members (excludes halogenated alkanes) is 8. The van der Waals surface area contributed by atoms with E-state index in [0.29, 0.717) is 18.9 Å². The van der Waals surface area contributed by atoms with Crippen LogP contribution in [-0.4, -0.2) is 181 Å². The zero-order chi connectivity index (χ0) is 62.7. The summed E-state index contributed by atoms with van der Waals surface area (Å²) in [6, 6.07) is 21.5. The molecule has 5 N–H and O–H groups in total. The van der Waals surface area contributed by atoms with Crippen molar-refractivity contribution in [2.75, 3.05) is 33.9 Å². The molecule has 0 bridgehead atoms. The second-order valence-corrected chi connectivity index (χ2v) is 30.8. The summed E-state index contributed by atoms with van der Waals surface area (Å²) in [5, 5.41) is 69.8. The van der Waals surface area contributed by atoms with Crippen LogP contribution < -0.4 is 15.9 Å². The summed E-state index contributed by atoms with van der Waals surface area (Å²) < 4.78 is 40.6. The minimum atomic E-state index is -2.01. The van der Waals surface area contributed by atoms with E-state index in [-0.39, 0.29) is 50.3 Å². The number of methoxy groups -OCH3 is 1. The molecule has 0 unspecified atom stereocenters. The number of benzene rings is 2. The summed E-state index contributed by atoms with van der Waals surface area (Å²) in [7, 11) is 3.33. The molecule has 1 amide bonds. The molecule has 0 radical (unpaired) electrons. The summed E-state index contributed by atoms with van der Waals surface area (Å²) in [6.07, 6.45) is 9.27. The molecular weight excluding hydrogens is 1110 g/mol. The van der Waals surface area contributed by atoms with Gasteiger partial charge in [0.1, 0.15) is 53.2 Å². The van der Waals surface area contributed by atoms with Gasteiger partial charge in [-0.15, -0.1) is 0 Å². The minimum absolute atomic E-state index is 0.0724. The zero-order valence-electron chi connectivity index (χ0n) is 54.3. The lowest BCUT2D eigenvalue weighted by molar-refractivity contribution is -0.318. The number of hydrogen-bond donors (Lipinski definition) is 5. The average molecular weight is 1220 g/mol. The minimum Gasteiger partial charge on any atom is -0.459 e. The van der Waals surface area contributed by atoms with Gasteiger partial charge < -0.3 is 63.8 Å². The predicted molar refractivity (Wildman–Crippen MR) is 338 cm³/mol. The van der Waals surface area contributed by atoms with E-state index in [1.165, 1.54) is 49.2 Å². The molecular formula is C68H110N4O13P+. The summed E-state index contributed by atoms with van der Waals surface area (Å²) in [6.45, 7) is 17.5. The van der Waals surface area contributed by atoms with Crippen molar-refractivity contribution >= 4 is 35.1 Å². The Hall–Kier alpha value is -3.42. The van der Waals surface area contributed by atoms with Crippen molar-refractivity contribution in [1.82, 2.24) is 19.6 Å². The third-order valence-electron chi connectivity index (χ3n) is 20.0. The van der Waals surface area contributed by atoms with Gasteiger partial charge in [-0.05, 0) is 151 Å². The lowest BCUT2D eigenvalue weighted by Gasteiger charge is -2.48. The van der Waals surface area contributed by atoms with Gasteiger partial charge in [0.05, 0.1) is 72.2 Å². The summed E-state index contributed by atoms with van der Waals surface area (Å²) in [5.74, 6) is -3.27. The van der Waals surface area contributed by atoms with Gasteiger partial charge in [0.2, 0.25) is 5.91 Å². The monoisotopic (exact) mass is 1220 g/mol. The van der Waals surface area contributed by atoms with Gasteiger partial charge in [-0.1, -0.05) is 95.7 Å². The second kappa shape index (κ2) is 31.1. The van der Waals surface area contributed by atoms with Crippen molar-refractivity contribution in [2.24, 2.45) is 17.8 Å². The Morgan fingerprint density at radius 2 is 1.38 bits per heavy atom. The number of esters is 1. The highest BCUT2D eigenvalue weighted by Crippen LogP contribution is 2.56. The number of cyclic esters (lactones) is 1.